The van der Waals surface area contributed by atoms with Gasteiger partial charge in [0.2, 0.25) is 0 Å². The molecule has 0 fully saturated rings. The fraction of sp³-hybridized carbons (Fsp3) is 0.800. The van der Waals surface area contributed by atoms with E-state index in [4.69, 9.17) is 4.43 Å². The Labute approximate surface area is 113 Å². The Morgan fingerprint density at radius 2 is 2.06 bits per heavy atom. The summed E-state index contributed by atoms with van der Waals surface area (Å²) in [6.07, 6.45) is 5.85. The SMILES string of the molecule is C[C@H](CC(=O)C1=CCCC1)O[Si](C)(C)C(C)(C)C. The van der Waals surface area contributed by atoms with E-state index in [2.05, 4.69) is 39.9 Å². The molecule has 0 aromatic carbocycles. The third kappa shape index (κ3) is 4.06. The Morgan fingerprint density at radius 1 is 1.44 bits per heavy atom. The zero-order valence-corrected chi connectivity index (χ0v) is 13.8. The molecule has 0 aromatic heterocycles. The standard InChI is InChI=1S/C15H28O2Si/c1-12(17-18(5,6)15(2,3)4)11-14(16)13-9-7-8-10-13/h9,12H,7-8,10-11H2,1-6H3/t12-/m1/s1. The van der Waals surface area contributed by atoms with E-state index in [0.717, 1.165) is 24.8 Å². The molecule has 0 radical (unpaired) electrons. The van der Waals surface area contributed by atoms with Crippen molar-refractivity contribution in [2.75, 3.05) is 0 Å². The molecule has 0 bridgehead atoms. The summed E-state index contributed by atoms with van der Waals surface area (Å²) in [7, 11) is -1.75. The summed E-state index contributed by atoms with van der Waals surface area (Å²) in [6, 6.07) is 0. The topological polar surface area (TPSA) is 26.3 Å². The smallest absolute Gasteiger partial charge is 0.192 e. The average molecular weight is 268 g/mol. The number of carbonyl (C=O) groups is 1. The number of carbonyl (C=O) groups excluding carboxylic acids is 1. The van der Waals surface area contributed by atoms with Gasteiger partial charge < -0.3 is 4.43 Å². The molecular formula is C15H28O2Si. The molecule has 0 unspecified atom stereocenters. The number of ketones is 1. The normalized spacial score (nSPS) is 18.7. The van der Waals surface area contributed by atoms with Crippen LogP contribution in [0.2, 0.25) is 18.1 Å². The maximum atomic E-state index is 12.1. The van der Waals surface area contributed by atoms with Gasteiger partial charge in [-0.25, -0.2) is 0 Å². The fourth-order valence-corrected chi connectivity index (χ4v) is 3.48. The maximum Gasteiger partial charge on any atom is 0.192 e. The molecule has 1 aliphatic rings. The van der Waals surface area contributed by atoms with Crippen LogP contribution < -0.4 is 0 Å². The van der Waals surface area contributed by atoms with Crippen LogP contribution in [0.15, 0.2) is 11.6 Å². The van der Waals surface area contributed by atoms with E-state index in [1.54, 1.807) is 0 Å². The lowest BCUT2D eigenvalue weighted by Gasteiger charge is -2.38. The average Bonchev–Trinajstić information content (AvgIpc) is 2.66. The van der Waals surface area contributed by atoms with Crippen LogP contribution in [0.3, 0.4) is 0 Å². The molecule has 1 rings (SSSR count). The van der Waals surface area contributed by atoms with E-state index < -0.39 is 8.32 Å². The molecule has 0 saturated carbocycles. The van der Waals surface area contributed by atoms with Crippen molar-refractivity contribution in [2.45, 2.75) is 77.6 Å². The van der Waals surface area contributed by atoms with Crippen LogP contribution in [0.1, 0.15) is 53.4 Å². The summed E-state index contributed by atoms with van der Waals surface area (Å²) >= 11 is 0. The van der Waals surface area contributed by atoms with Gasteiger partial charge in [0, 0.05) is 12.5 Å². The molecule has 1 atom stereocenters. The van der Waals surface area contributed by atoms with E-state index in [9.17, 15) is 4.79 Å². The number of hydrogen-bond acceptors (Lipinski definition) is 2. The Kier molecular flexibility index (Phi) is 4.95. The molecule has 0 saturated heterocycles. The summed E-state index contributed by atoms with van der Waals surface area (Å²) in [4.78, 5) is 12.1. The second kappa shape index (κ2) is 5.70. The highest BCUT2D eigenvalue weighted by Crippen LogP contribution is 2.37. The number of rotatable bonds is 5. The van der Waals surface area contributed by atoms with Gasteiger partial charge in [-0.05, 0) is 49.9 Å². The van der Waals surface area contributed by atoms with Gasteiger partial charge in [-0.3, -0.25) is 4.79 Å². The van der Waals surface area contributed by atoms with Crippen molar-refractivity contribution in [3.63, 3.8) is 0 Å². The van der Waals surface area contributed by atoms with Gasteiger partial charge >= 0.3 is 0 Å². The zero-order valence-electron chi connectivity index (χ0n) is 12.8. The third-order valence-electron chi connectivity index (χ3n) is 4.17. The van der Waals surface area contributed by atoms with Crippen molar-refractivity contribution >= 4 is 14.1 Å². The Bertz CT molecular complexity index is 337. The van der Waals surface area contributed by atoms with Crippen LogP contribution in [0, 0.1) is 0 Å². The van der Waals surface area contributed by atoms with Crippen LogP contribution in [0.25, 0.3) is 0 Å². The molecule has 0 aliphatic heterocycles. The van der Waals surface area contributed by atoms with Crippen LogP contribution in [0.5, 0.6) is 0 Å². The summed E-state index contributed by atoms with van der Waals surface area (Å²) in [6.45, 7) is 13.2. The number of hydrogen-bond donors (Lipinski definition) is 0. The van der Waals surface area contributed by atoms with Crippen molar-refractivity contribution in [2.24, 2.45) is 0 Å². The largest absolute Gasteiger partial charge is 0.414 e. The molecule has 3 heteroatoms. The molecule has 1 aliphatic carbocycles. The summed E-state index contributed by atoms with van der Waals surface area (Å²) in [5.41, 5.74) is 1.03. The molecule has 0 aromatic rings. The summed E-state index contributed by atoms with van der Waals surface area (Å²) < 4.78 is 6.22. The minimum atomic E-state index is -1.75. The van der Waals surface area contributed by atoms with Gasteiger partial charge in [0.1, 0.15) is 0 Å². The van der Waals surface area contributed by atoms with Gasteiger partial charge in [0.05, 0.1) is 0 Å². The van der Waals surface area contributed by atoms with Crippen LogP contribution in [-0.4, -0.2) is 20.2 Å². The van der Waals surface area contributed by atoms with E-state index in [0.29, 0.717) is 12.2 Å². The summed E-state index contributed by atoms with van der Waals surface area (Å²) in [5, 5.41) is 0.205. The van der Waals surface area contributed by atoms with Crippen molar-refractivity contribution < 1.29 is 9.22 Å². The minimum Gasteiger partial charge on any atom is -0.414 e. The Balaban J connectivity index is 2.51. The maximum absolute atomic E-state index is 12.1. The Morgan fingerprint density at radius 3 is 2.50 bits per heavy atom. The highest BCUT2D eigenvalue weighted by atomic mass is 28.4. The second-order valence-corrected chi connectivity index (χ2v) is 11.7. The quantitative estimate of drug-likeness (QED) is 0.688. The molecule has 0 heterocycles. The predicted octanol–water partition coefficient (Wildman–Crippen LogP) is 4.47. The first-order valence-corrected chi connectivity index (χ1v) is 9.94. The van der Waals surface area contributed by atoms with Gasteiger partial charge in [-0.2, -0.15) is 0 Å². The fourth-order valence-electron chi connectivity index (χ4n) is 2.04. The molecule has 0 N–H and O–H groups in total. The van der Waals surface area contributed by atoms with Crippen molar-refractivity contribution in [3.05, 3.63) is 11.6 Å². The number of Topliss-reactive ketones (excluding diaryl/α,β-unsaturated/α-hetero) is 1. The summed E-state index contributed by atoms with van der Waals surface area (Å²) in [5.74, 6) is 0.290. The molecule has 18 heavy (non-hydrogen) atoms. The zero-order chi connectivity index (χ0) is 14.0. The molecule has 0 amide bonds. The van der Waals surface area contributed by atoms with E-state index in [1.165, 1.54) is 0 Å². The first-order valence-electron chi connectivity index (χ1n) is 7.03. The Hall–Kier alpha value is -0.413. The van der Waals surface area contributed by atoms with Gasteiger partial charge in [-0.15, -0.1) is 0 Å². The minimum absolute atomic E-state index is 0.0416. The second-order valence-electron chi connectivity index (χ2n) is 6.94. The molecule has 0 spiro atoms. The number of allylic oxidation sites excluding steroid dienone is 2. The van der Waals surface area contributed by atoms with Crippen LogP contribution in [-0.2, 0) is 9.22 Å². The van der Waals surface area contributed by atoms with E-state index >= 15 is 0 Å². The van der Waals surface area contributed by atoms with Gasteiger partial charge in [0.25, 0.3) is 0 Å². The molecular weight excluding hydrogens is 240 g/mol. The molecule has 2 nitrogen and oxygen atoms in total. The van der Waals surface area contributed by atoms with E-state index in [1.807, 2.05) is 6.92 Å². The van der Waals surface area contributed by atoms with Gasteiger partial charge in [0.15, 0.2) is 14.1 Å². The lowest BCUT2D eigenvalue weighted by Crippen LogP contribution is -2.43. The van der Waals surface area contributed by atoms with Crippen molar-refractivity contribution in [3.8, 4) is 0 Å². The monoisotopic (exact) mass is 268 g/mol. The first-order chi connectivity index (χ1) is 8.13. The third-order valence-corrected chi connectivity index (χ3v) is 8.78. The van der Waals surface area contributed by atoms with E-state index in [-0.39, 0.29) is 11.1 Å². The lowest BCUT2D eigenvalue weighted by atomic mass is 10.1. The van der Waals surface area contributed by atoms with Gasteiger partial charge in [-0.1, -0.05) is 26.8 Å². The lowest BCUT2D eigenvalue weighted by molar-refractivity contribution is -0.117. The first kappa shape index (κ1) is 15.6. The molecule has 104 valence electrons. The van der Waals surface area contributed by atoms with Crippen LogP contribution in [0.4, 0.5) is 0 Å². The van der Waals surface area contributed by atoms with Crippen molar-refractivity contribution in [1.29, 1.82) is 0 Å². The van der Waals surface area contributed by atoms with Crippen molar-refractivity contribution in [1.82, 2.24) is 0 Å². The predicted molar refractivity (Wildman–Crippen MR) is 79.3 cm³/mol. The highest BCUT2D eigenvalue weighted by Gasteiger charge is 2.38. The highest BCUT2D eigenvalue weighted by molar-refractivity contribution is 6.74. The van der Waals surface area contributed by atoms with Crippen LogP contribution >= 0.6 is 0 Å².